The van der Waals surface area contributed by atoms with Gasteiger partial charge in [-0.05, 0) is 31.6 Å². The summed E-state index contributed by atoms with van der Waals surface area (Å²) in [4.78, 5) is 23.7. The van der Waals surface area contributed by atoms with E-state index in [1.807, 2.05) is 6.20 Å². The first kappa shape index (κ1) is 22.1. The van der Waals surface area contributed by atoms with Gasteiger partial charge in [0.2, 0.25) is 11.9 Å². The topological polar surface area (TPSA) is 118 Å². The number of likely N-dealkylation sites (tertiary alicyclic amines) is 1. The molecule has 3 aliphatic rings. The van der Waals surface area contributed by atoms with Crippen LogP contribution in [0.4, 0.5) is 16.7 Å². The van der Waals surface area contributed by atoms with Crippen molar-refractivity contribution in [3.63, 3.8) is 0 Å². The second kappa shape index (κ2) is 9.68. The van der Waals surface area contributed by atoms with Crippen LogP contribution in [0.1, 0.15) is 51.0 Å². The van der Waals surface area contributed by atoms with E-state index in [4.69, 9.17) is 19.4 Å². The summed E-state index contributed by atoms with van der Waals surface area (Å²) in [5.74, 6) is 1.61. The highest BCUT2D eigenvalue weighted by Gasteiger charge is 2.29. The maximum Gasteiger partial charge on any atom is 0.410 e. The van der Waals surface area contributed by atoms with Gasteiger partial charge in [0.25, 0.3) is 0 Å². The zero-order chi connectivity index (χ0) is 22.8. The fraction of sp³-hybridized carbons (Fsp3) is 0.727. The van der Waals surface area contributed by atoms with Gasteiger partial charge in [0.15, 0.2) is 5.65 Å². The zero-order valence-corrected chi connectivity index (χ0v) is 19.4. The minimum atomic E-state index is -0.207. The summed E-state index contributed by atoms with van der Waals surface area (Å²) in [5, 5.41) is 14.8. The van der Waals surface area contributed by atoms with Crippen molar-refractivity contribution >= 4 is 23.6 Å². The number of rotatable bonds is 6. The van der Waals surface area contributed by atoms with Gasteiger partial charge >= 0.3 is 6.09 Å². The molecule has 33 heavy (non-hydrogen) atoms. The number of aromatic nitrogens is 4. The number of fused-ring (bicyclic) bond motifs is 1. The zero-order valence-electron chi connectivity index (χ0n) is 19.4. The summed E-state index contributed by atoms with van der Waals surface area (Å²) < 4.78 is 12.8. The average Bonchev–Trinajstić information content (AvgIpc) is 3.22. The normalized spacial score (nSPS) is 20.8. The van der Waals surface area contributed by atoms with Gasteiger partial charge in [0.05, 0.1) is 6.20 Å². The van der Waals surface area contributed by atoms with Gasteiger partial charge in [0, 0.05) is 57.0 Å². The van der Waals surface area contributed by atoms with Crippen LogP contribution in [0.2, 0.25) is 0 Å². The molecule has 0 saturated carbocycles. The van der Waals surface area contributed by atoms with Crippen molar-refractivity contribution in [2.45, 2.75) is 63.6 Å². The molecule has 1 amide bonds. The van der Waals surface area contributed by atoms with Crippen molar-refractivity contribution in [3.05, 3.63) is 11.8 Å². The fourth-order valence-electron chi connectivity index (χ4n) is 4.44. The van der Waals surface area contributed by atoms with Gasteiger partial charge in [-0.2, -0.15) is 19.6 Å². The number of piperidine rings is 1. The molecule has 3 aliphatic heterocycles. The highest BCUT2D eigenvalue weighted by molar-refractivity contribution is 5.68. The number of hydrogen-bond donors (Lipinski definition) is 3. The van der Waals surface area contributed by atoms with Crippen molar-refractivity contribution in [1.29, 1.82) is 0 Å². The van der Waals surface area contributed by atoms with Gasteiger partial charge in [-0.15, -0.1) is 0 Å². The molecule has 0 spiro atoms. The van der Waals surface area contributed by atoms with Crippen LogP contribution in [0.15, 0.2) is 6.20 Å². The number of carbonyl (C=O) groups is 1. The highest BCUT2D eigenvalue weighted by Crippen LogP contribution is 2.24. The van der Waals surface area contributed by atoms with Gasteiger partial charge in [-0.1, -0.05) is 13.8 Å². The molecule has 0 aliphatic carbocycles. The lowest BCUT2D eigenvalue weighted by Gasteiger charge is -2.34. The summed E-state index contributed by atoms with van der Waals surface area (Å²) >= 11 is 0. The average molecular weight is 459 g/mol. The Kier molecular flexibility index (Phi) is 6.50. The molecule has 180 valence electrons. The molecule has 5 rings (SSSR count). The molecule has 3 fully saturated rings. The van der Waals surface area contributed by atoms with E-state index in [2.05, 4.69) is 34.9 Å². The number of anilines is 2. The second-order valence-corrected chi connectivity index (χ2v) is 9.46. The molecule has 0 aromatic carbocycles. The maximum absolute atomic E-state index is 12.3. The molecule has 0 unspecified atom stereocenters. The monoisotopic (exact) mass is 458 g/mol. The molecule has 11 nitrogen and oxygen atoms in total. The number of amides is 1. The number of nitrogens with zero attached hydrogens (tertiary/aromatic N) is 5. The van der Waals surface area contributed by atoms with E-state index in [0.717, 1.165) is 63.2 Å². The Balaban J connectivity index is 1.29. The number of hydrogen-bond acceptors (Lipinski definition) is 9. The van der Waals surface area contributed by atoms with Crippen molar-refractivity contribution in [1.82, 2.24) is 29.8 Å². The maximum atomic E-state index is 12.3. The molecule has 2 aromatic heterocycles. The molecular weight excluding hydrogens is 424 g/mol. The van der Waals surface area contributed by atoms with Crippen LogP contribution in [-0.4, -0.2) is 88.2 Å². The van der Waals surface area contributed by atoms with Gasteiger partial charge in [-0.25, -0.2) is 4.79 Å². The molecule has 3 saturated heterocycles. The minimum Gasteiger partial charge on any atom is -0.443 e. The third kappa shape index (κ3) is 4.98. The summed E-state index contributed by atoms with van der Waals surface area (Å²) in [6, 6.07) is 0.500. The Labute approximate surface area is 193 Å². The second-order valence-electron chi connectivity index (χ2n) is 9.46. The van der Waals surface area contributed by atoms with E-state index in [-0.39, 0.29) is 18.2 Å². The van der Waals surface area contributed by atoms with Gasteiger partial charge in [0.1, 0.15) is 6.10 Å². The molecule has 3 N–H and O–H groups in total. The summed E-state index contributed by atoms with van der Waals surface area (Å²) in [6.45, 7) is 8.63. The van der Waals surface area contributed by atoms with E-state index < -0.39 is 0 Å². The molecule has 0 atom stereocenters. The van der Waals surface area contributed by atoms with Crippen LogP contribution in [0.25, 0.3) is 5.65 Å². The lowest BCUT2D eigenvalue weighted by molar-refractivity contribution is 0.0347. The lowest BCUT2D eigenvalue weighted by atomic mass is 10.1. The van der Waals surface area contributed by atoms with Gasteiger partial charge in [-0.3, -0.25) is 0 Å². The summed E-state index contributed by atoms with van der Waals surface area (Å²) in [6.07, 6.45) is 5.22. The first-order chi connectivity index (χ1) is 16.1. The first-order valence-corrected chi connectivity index (χ1v) is 12.1. The third-order valence-electron chi connectivity index (χ3n) is 6.67. The van der Waals surface area contributed by atoms with E-state index in [1.54, 1.807) is 9.42 Å². The largest absolute Gasteiger partial charge is 0.443 e. The molecular formula is C22H34N8O3. The van der Waals surface area contributed by atoms with E-state index in [9.17, 15) is 4.79 Å². The van der Waals surface area contributed by atoms with E-state index >= 15 is 0 Å². The Morgan fingerprint density at radius 2 is 1.85 bits per heavy atom. The smallest absolute Gasteiger partial charge is 0.410 e. The molecule has 2 aromatic rings. The molecule has 5 heterocycles. The standard InChI is InChI=1S/C22H34N8O3/c1-14(2)18-13-24-30-19(18)27-20(25-16-5-9-32-10-6-16)28-21(30)26-15-3-7-29(8-4-15)22(31)33-17-11-23-12-17/h13-17,23H,3-12H2,1-2H3,(H2,25,26,27,28). The fourth-order valence-corrected chi connectivity index (χ4v) is 4.44. The van der Waals surface area contributed by atoms with Crippen molar-refractivity contribution in [3.8, 4) is 0 Å². The van der Waals surface area contributed by atoms with Gasteiger partial charge < -0.3 is 30.3 Å². The molecule has 11 heteroatoms. The van der Waals surface area contributed by atoms with Crippen molar-refractivity contribution < 1.29 is 14.3 Å². The van der Waals surface area contributed by atoms with E-state index in [1.165, 1.54) is 0 Å². The Bertz CT molecular complexity index is 962. The summed E-state index contributed by atoms with van der Waals surface area (Å²) in [5.41, 5.74) is 1.92. The van der Waals surface area contributed by atoms with Crippen LogP contribution in [0.5, 0.6) is 0 Å². The Hall–Kier alpha value is -2.66. The Morgan fingerprint density at radius 1 is 1.12 bits per heavy atom. The van der Waals surface area contributed by atoms with Crippen LogP contribution in [-0.2, 0) is 9.47 Å². The van der Waals surface area contributed by atoms with E-state index in [0.29, 0.717) is 36.9 Å². The van der Waals surface area contributed by atoms with Crippen LogP contribution < -0.4 is 16.0 Å². The molecule has 0 bridgehead atoms. The van der Waals surface area contributed by atoms with Crippen LogP contribution >= 0.6 is 0 Å². The lowest BCUT2D eigenvalue weighted by Crippen LogP contribution is -2.52. The Morgan fingerprint density at radius 3 is 2.52 bits per heavy atom. The number of ether oxygens (including phenoxy) is 2. The minimum absolute atomic E-state index is 0.0132. The first-order valence-electron chi connectivity index (χ1n) is 12.1. The van der Waals surface area contributed by atoms with Crippen molar-refractivity contribution in [2.75, 3.05) is 50.0 Å². The quantitative estimate of drug-likeness (QED) is 0.596. The third-order valence-corrected chi connectivity index (χ3v) is 6.67. The number of carbonyl (C=O) groups excluding carboxylic acids is 1. The highest BCUT2D eigenvalue weighted by atomic mass is 16.6. The molecule has 0 radical (unpaired) electrons. The number of nitrogens with one attached hydrogen (secondary N) is 3. The predicted octanol–water partition coefficient (Wildman–Crippen LogP) is 1.82. The summed E-state index contributed by atoms with van der Waals surface area (Å²) in [7, 11) is 0. The predicted molar refractivity (Wildman–Crippen MR) is 124 cm³/mol. The van der Waals surface area contributed by atoms with Crippen LogP contribution in [0, 0.1) is 0 Å². The van der Waals surface area contributed by atoms with Crippen LogP contribution in [0.3, 0.4) is 0 Å². The van der Waals surface area contributed by atoms with Crippen molar-refractivity contribution in [2.24, 2.45) is 0 Å². The SMILES string of the molecule is CC(C)c1cnn2c(NC3CCN(C(=O)OC4CNC4)CC3)nc(NC3CCOCC3)nc12.